The van der Waals surface area contributed by atoms with Gasteiger partial charge < -0.3 is 24.4 Å². The van der Waals surface area contributed by atoms with Gasteiger partial charge in [-0.05, 0) is 54.7 Å². The Bertz CT molecular complexity index is 1150. The van der Waals surface area contributed by atoms with Crippen molar-refractivity contribution in [3.63, 3.8) is 0 Å². The van der Waals surface area contributed by atoms with Crippen LogP contribution in [-0.4, -0.2) is 61.1 Å². The smallest absolute Gasteiger partial charge is 0.325 e. The molecule has 2 aromatic carbocycles. The first-order chi connectivity index (χ1) is 17.0. The van der Waals surface area contributed by atoms with Crippen molar-refractivity contribution in [1.29, 1.82) is 0 Å². The highest BCUT2D eigenvalue weighted by molar-refractivity contribution is 6.09. The fraction of sp³-hybridized carbons (Fsp3) is 0.423. The van der Waals surface area contributed by atoms with Crippen LogP contribution < -0.4 is 19.5 Å². The van der Waals surface area contributed by atoms with Crippen LogP contribution in [0.1, 0.15) is 43.4 Å². The molecule has 2 fully saturated rings. The summed E-state index contributed by atoms with van der Waals surface area (Å²) in [7, 11) is 1.57. The van der Waals surface area contributed by atoms with Crippen molar-refractivity contribution in [3.8, 4) is 17.2 Å². The quantitative estimate of drug-likeness (QED) is 0.640. The Morgan fingerprint density at radius 1 is 1.11 bits per heavy atom. The van der Waals surface area contributed by atoms with Crippen molar-refractivity contribution in [1.82, 2.24) is 15.1 Å². The van der Waals surface area contributed by atoms with Crippen molar-refractivity contribution < 1.29 is 28.6 Å². The number of nitrogens with one attached hydrogen (secondary N) is 1. The Morgan fingerprint density at radius 3 is 2.57 bits per heavy atom. The van der Waals surface area contributed by atoms with Gasteiger partial charge >= 0.3 is 6.03 Å². The molecule has 5 rings (SSSR count). The zero-order valence-electron chi connectivity index (χ0n) is 19.9. The molecular formula is C26H29N3O6. The molecule has 3 aliphatic rings. The fourth-order valence-corrected chi connectivity index (χ4v) is 5.19. The van der Waals surface area contributed by atoms with Gasteiger partial charge in [-0.15, -0.1) is 0 Å². The van der Waals surface area contributed by atoms with E-state index in [1.54, 1.807) is 36.3 Å². The van der Waals surface area contributed by atoms with Crippen LogP contribution in [-0.2, 0) is 15.1 Å². The lowest BCUT2D eigenvalue weighted by Crippen LogP contribution is -2.45. The van der Waals surface area contributed by atoms with E-state index in [2.05, 4.69) is 5.32 Å². The van der Waals surface area contributed by atoms with Gasteiger partial charge in [0, 0.05) is 6.54 Å². The standard InChI is InChI=1S/C26H29N3O6/c1-3-26(18-7-9-19(33-2)10-8-18)24(31)29(25(32)27-26)16-23(30)28-12-4-5-20(28)17-6-11-21-22(15-17)35-14-13-34-21/h6-11,15,20H,3-5,12-14,16H2,1-2H3,(H,27,32)/t20-,26+/m0/s1. The van der Waals surface area contributed by atoms with Crippen molar-refractivity contribution >= 4 is 17.8 Å². The van der Waals surface area contributed by atoms with E-state index >= 15 is 0 Å². The second kappa shape index (κ2) is 9.13. The molecule has 0 radical (unpaired) electrons. The third-order valence-electron chi connectivity index (χ3n) is 7.11. The van der Waals surface area contributed by atoms with Gasteiger partial charge in [-0.25, -0.2) is 4.79 Å². The summed E-state index contributed by atoms with van der Waals surface area (Å²) in [6, 6.07) is 12.1. The van der Waals surface area contributed by atoms with Crippen LogP contribution in [0.4, 0.5) is 4.79 Å². The number of hydrogen-bond donors (Lipinski definition) is 1. The topological polar surface area (TPSA) is 97.4 Å². The molecule has 2 atom stereocenters. The predicted octanol–water partition coefficient (Wildman–Crippen LogP) is 2.99. The monoisotopic (exact) mass is 479 g/mol. The second-order valence-corrected chi connectivity index (χ2v) is 8.96. The van der Waals surface area contributed by atoms with Crippen LogP contribution >= 0.6 is 0 Å². The van der Waals surface area contributed by atoms with E-state index in [0.29, 0.717) is 49.0 Å². The first-order valence-electron chi connectivity index (χ1n) is 11.9. The summed E-state index contributed by atoms with van der Waals surface area (Å²) in [5.41, 5.74) is 0.409. The number of nitrogens with zero attached hydrogens (tertiary/aromatic N) is 2. The van der Waals surface area contributed by atoms with Crippen LogP contribution in [0, 0.1) is 0 Å². The van der Waals surface area contributed by atoms with E-state index in [1.807, 2.05) is 25.1 Å². The molecule has 0 spiro atoms. The van der Waals surface area contributed by atoms with Gasteiger partial charge in [0.15, 0.2) is 11.5 Å². The number of methoxy groups -OCH3 is 1. The zero-order valence-corrected chi connectivity index (χ0v) is 19.9. The molecule has 9 heteroatoms. The normalized spacial score (nSPS) is 23.4. The number of ether oxygens (including phenoxy) is 3. The number of carbonyl (C=O) groups excluding carboxylic acids is 3. The Balaban J connectivity index is 1.34. The molecule has 0 aromatic heterocycles. The predicted molar refractivity (Wildman–Crippen MR) is 126 cm³/mol. The van der Waals surface area contributed by atoms with E-state index in [1.165, 1.54) is 0 Å². The van der Waals surface area contributed by atoms with Crippen LogP contribution in [0.3, 0.4) is 0 Å². The summed E-state index contributed by atoms with van der Waals surface area (Å²) in [6.45, 7) is 3.11. The van der Waals surface area contributed by atoms with Gasteiger partial charge in [0.2, 0.25) is 5.91 Å². The molecule has 0 bridgehead atoms. The maximum absolute atomic E-state index is 13.5. The second-order valence-electron chi connectivity index (χ2n) is 8.96. The molecule has 3 heterocycles. The van der Waals surface area contributed by atoms with E-state index in [9.17, 15) is 14.4 Å². The summed E-state index contributed by atoms with van der Waals surface area (Å²) in [6.07, 6.45) is 2.00. The summed E-state index contributed by atoms with van der Waals surface area (Å²) in [4.78, 5) is 42.5. The summed E-state index contributed by atoms with van der Waals surface area (Å²) in [5.74, 6) is 1.35. The average Bonchev–Trinajstić information content (AvgIpc) is 3.48. The fourth-order valence-electron chi connectivity index (χ4n) is 5.19. The SMILES string of the molecule is CC[C@]1(c2ccc(OC)cc2)NC(=O)N(CC(=O)N2CCC[C@H]2c2ccc3c(c2)OCCO3)C1=O. The van der Waals surface area contributed by atoms with E-state index in [0.717, 1.165) is 23.3 Å². The lowest BCUT2D eigenvalue weighted by atomic mass is 9.87. The van der Waals surface area contributed by atoms with Gasteiger partial charge in [-0.1, -0.05) is 25.1 Å². The average molecular weight is 480 g/mol. The summed E-state index contributed by atoms with van der Waals surface area (Å²) >= 11 is 0. The van der Waals surface area contributed by atoms with Crippen LogP contribution in [0.25, 0.3) is 0 Å². The molecule has 1 N–H and O–H groups in total. The zero-order chi connectivity index (χ0) is 24.6. The molecule has 2 aromatic rings. The lowest BCUT2D eigenvalue weighted by Gasteiger charge is -2.28. The van der Waals surface area contributed by atoms with Crippen LogP contribution in [0.2, 0.25) is 0 Å². The number of likely N-dealkylation sites (tertiary alicyclic amines) is 1. The minimum Gasteiger partial charge on any atom is -0.497 e. The Labute approximate surface area is 203 Å². The highest BCUT2D eigenvalue weighted by atomic mass is 16.6. The summed E-state index contributed by atoms with van der Waals surface area (Å²) in [5, 5.41) is 2.84. The molecule has 9 nitrogen and oxygen atoms in total. The van der Waals surface area contributed by atoms with Crippen molar-refractivity contribution in [2.45, 2.75) is 37.8 Å². The first kappa shape index (κ1) is 23.0. The highest BCUT2D eigenvalue weighted by Gasteiger charge is 2.52. The van der Waals surface area contributed by atoms with Gasteiger partial charge in [-0.2, -0.15) is 0 Å². The third kappa shape index (κ3) is 3.94. The van der Waals surface area contributed by atoms with E-state index in [4.69, 9.17) is 14.2 Å². The highest BCUT2D eigenvalue weighted by Crippen LogP contribution is 2.39. The number of urea groups is 1. The minimum atomic E-state index is -1.20. The van der Waals surface area contributed by atoms with E-state index in [-0.39, 0.29) is 18.5 Å². The number of imide groups is 1. The molecule has 35 heavy (non-hydrogen) atoms. The Kier molecular flexibility index (Phi) is 6.00. The van der Waals surface area contributed by atoms with Crippen molar-refractivity contribution in [2.24, 2.45) is 0 Å². The van der Waals surface area contributed by atoms with Gasteiger partial charge in [0.25, 0.3) is 5.91 Å². The number of amides is 4. The third-order valence-corrected chi connectivity index (χ3v) is 7.11. The number of benzene rings is 2. The molecule has 4 amide bonds. The van der Waals surface area contributed by atoms with Gasteiger partial charge in [0.05, 0.1) is 13.2 Å². The first-order valence-corrected chi connectivity index (χ1v) is 11.9. The maximum atomic E-state index is 13.5. The molecule has 3 aliphatic heterocycles. The van der Waals surface area contributed by atoms with Crippen molar-refractivity contribution in [3.05, 3.63) is 53.6 Å². The molecular weight excluding hydrogens is 450 g/mol. The van der Waals surface area contributed by atoms with E-state index < -0.39 is 17.5 Å². The number of rotatable bonds is 6. The van der Waals surface area contributed by atoms with Crippen LogP contribution in [0.5, 0.6) is 17.2 Å². The minimum absolute atomic E-state index is 0.142. The Hall–Kier alpha value is -3.75. The number of hydrogen-bond acceptors (Lipinski definition) is 6. The van der Waals surface area contributed by atoms with Gasteiger partial charge in [0.1, 0.15) is 31.0 Å². The number of carbonyl (C=O) groups is 3. The summed E-state index contributed by atoms with van der Waals surface area (Å²) < 4.78 is 16.5. The maximum Gasteiger partial charge on any atom is 0.325 e. The van der Waals surface area contributed by atoms with Gasteiger partial charge in [-0.3, -0.25) is 14.5 Å². The largest absolute Gasteiger partial charge is 0.497 e. The Morgan fingerprint density at radius 2 is 1.86 bits per heavy atom. The molecule has 0 aliphatic carbocycles. The lowest BCUT2D eigenvalue weighted by molar-refractivity contribution is -0.139. The molecule has 0 saturated carbocycles. The molecule has 2 saturated heterocycles. The number of fused-ring (bicyclic) bond motifs is 1. The van der Waals surface area contributed by atoms with Crippen LogP contribution in [0.15, 0.2) is 42.5 Å². The molecule has 0 unspecified atom stereocenters. The van der Waals surface area contributed by atoms with Crippen molar-refractivity contribution in [2.75, 3.05) is 33.4 Å². The molecule has 184 valence electrons.